The van der Waals surface area contributed by atoms with E-state index in [9.17, 15) is 16.8 Å². The van der Waals surface area contributed by atoms with Crippen LogP contribution in [-0.4, -0.2) is 16.8 Å². The smallest absolute Gasteiger partial charge is 0.339 e. The van der Waals surface area contributed by atoms with Gasteiger partial charge in [0, 0.05) is 0 Å². The zero-order valence-corrected chi connectivity index (χ0v) is 12.2. The highest BCUT2D eigenvalue weighted by molar-refractivity contribution is 7.87. The van der Waals surface area contributed by atoms with Crippen LogP contribution in [0.4, 0.5) is 0 Å². The molecule has 0 aliphatic rings. The molecule has 2 rings (SSSR count). The van der Waals surface area contributed by atoms with Gasteiger partial charge in [-0.25, -0.2) is 8.42 Å². The van der Waals surface area contributed by atoms with E-state index in [0.717, 1.165) is 5.56 Å². The quantitative estimate of drug-likeness (QED) is 0.687. The predicted molar refractivity (Wildman–Crippen MR) is 74.0 cm³/mol. The monoisotopic (exact) mass is 312 g/mol. The van der Waals surface area contributed by atoms with Gasteiger partial charge in [-0.3, -0.25) is 0 Å². The Morgan fingerprint density at radius 3 is 2.15 bits per heavy atom. The number of aryl methyl sites for hydroxylation is 1. The van der Waals surface area contributed by atoms with Gasteiger partial charge in [-0.1, -0.05) is 29.8 Å². The van der Waals surface area contributed by atoms with Crippen molar-refractivity contribution in [2.45, 2.75) is 16.7 Å². The van der Waals surface area contributed by atoms with Gasteiger partial charge in [-0.15, -0.1) is 0 Å². The molecule has 0 unspecified atom stereocenters. The fourth-order valence-electron chi connectivity index (χ4n) is 1.55. The molecular formula is C13H12O5S2. The Morgan fingerprint density at radius 1 is 0.950 bits per heavy atom. The van der Waals surface area contributed by atoms with Crippen molar-refractivity contribution < 1.29 is 21.0 Å². The first-order valence-electron chi connectivity index (χ1n) is 5.65. The summed E-state index contributed by atoms with van der Waals surface area (Å²) in [6.45, 7) is 1.83. The highest BCUT2D eigenvalue weighted by Crippen LogP contribution is 2.24. The van der Waals surface area contributed by atoms with Crippen LogP contribution in [0, 0.1) is 6.92 Å². The van der Waals surface area contributed by atoms with Gasteiger partial charge in [-0.2, -0.15) is 8.42 Å². The molecule has 0 aliphatic heterocycles. The summed E-state index contributed by atoms with van der Waals surface area (Å²) >= 11 is 0. The van der Waals surface area contributed by atoms with Crippen molar-refractivity contribution in [3.63, 3.8) is 0 Å². The maximum Gasteiger partial charge on any atom is 0.339 e. The van der Waals surface area contributed by atoms with E-state index in [1.54, 1.807) is 12.1 Å². The summed E-state index contributed by atoms with van der Waals surface area (Å²) < 4.78 is 51.1. The van der Waals surface area contributed by atoms with Crippen molar-refractivity contribution in [1.82, 2.24) is 0 Å². The highest BCUT2D eigenvalue weighted by atomic mass is 32.2. The third-order valence-electron chi connectivity index (χ3n) is 2.57. The van der Waals surface area contributed by atoms with Gasteiger partial charge in [0.1, 0.15) is 9.79 Å². The summed E-state index contributed by atoms with van der Waals surface area (Å²) in [6.07, 6.45) is 0. The first kappa shape index (κ1) is 14.5. The molecule has 0 bridgehead atoms. The van der Waals surface area contributed by atoms with Crippen molar-refractivity contribution in [3.05, 3.63) is 54.1 Å². The second kappa shape index (κ2) is 5.64. The number of para-hydroxylation sites is 1. The molecule has 0 radical (unpaired) electrons. The first-order valence-corrected chi connectivity index (χ1v) is 8.23. The second-order valence-corrected chi connectivity index (χ2v) is 6.62. The lowest BCUT2D eigenvalue weighted by atomic mass is 10.2. The Kier molecular flexibility index (Phi) is 4.10. The molecular weight excluding hydrogens is 300 g/mol. The van der Waals surface area contributed by atoms with E-state index in [1.165, 1.54) is 36.4 Å². The lowest BCUT2D eigenvalue weighted by molar-refractivity contribution is 0.479. The van der Waals surface area contributed by atoms with E-state index in [0.29, 0.717) is 0 Å². The Balaban J connectivity index is 2.41. The predicted octanol–water partition coefficient (Wildman–Crippen LogP) is 1.73. The molecule has 0 amide bonds. The molecule has 20 heavy (non-hydrogen) atoms. The van der Waals surface area contributed by atoms with Crippen LogP contribution in [0.25, 0.3) is 0 Å². The standard InChI is InChI=1S/C13H12O5S2/c1-10-6-8-11(9-7-10)20(16,17)18-12-4-2-3-5-13(12)19(14)15/h2-9,19H,1H3. The number of benzene rings is 2. The Bertz CT molecular complexity index is 782. The Morgan fingerprint density at radius 2 is 1.55 bits per heavy atom. The summed E-state index contributed by atoms with van der Waals surface area (Å²) in [5.74, 6) is -0.204. The van der Waals surface area contributed by atoms with Crippen LogP contribution in [0.5, 0.6) is 5.75 Å². The summed E-state index contributed by atoms with van der Waals surface area (Å²) in [5, 5.41) is 0. The third kappa shape index (κ3) is 3.17. The lowest BCUT2D eigenvalue weighted by Crippen LogP contribution is -2.10. The van der Waals surface area contributed by atoms with E-state index in [2.05, 4.69) is 0 Å². The normalized spacial score (nSPS) is 11.5. The van der Waals surface area contributed by atoms with Crippen molar-refractivity contribution in [1.29, 1.82) is 0 Å². The molecule has 2 aromatic carbocycles. The van der Waals surface area contributed by atoms with Crippen LogP contribution in [0.3, 0.4) is 0 Å². The molecule has 0 heterocycles. The molecule has 106 valence electrons. The van der Waals surface area contributed by atoms with Gasteiger partial charge in [-0.05, 0) is 31.2 Å². The third-order valence-corrected chi connectivity index (χ3v) is 4.58. The van der Waals surface area contributed by atoms with E-state index in [1.807, 2.05) is 6.92 Å². The van der Waals surface area contributed by atoms with Gasteiger partial charge in [0.25, 0.3) is 0 Å². The minimum atomic E-state index is -4.05. The van der Waals surface area contributed by atoms with Crippen LogP contribution in [-0.2, 0) is 20.8 Å². The molecule has 0 N–H and O–H groups in total. The summed E-state index contributed by atoms with van der Waals surface area (Å²) in [7, 11) is -6.99. The van der Waals surface area contributed by atoms with Crippen molar-refractivity contribution in [2.24, 2.45) is 0 Å². The molecule has 0 atom stereocenters. The lowest BCUT2D eigenvalue weighted by Gasteiger charge is -2.08. The minimum Gasteiger partial charge on any atom is -0.378 e. The van der Waals surface area contributed by atoms with Crippen LogP contribution in [0.1, 0.15) is 5.56 Å². The Labute approximate surface area is 118 Å². The average molecular weight is 312 g/mol. The van der Waals surface area contributed by atoms with Crippen LogP contribution >= 0.6 is 0 Å². The largest absolute Gasteiger partial charge is 0.378 e. The number of hydrogen-bond acceptors (Lipinski definition) is 5. The highest BCUT2D eigenvalue weighted by Gasteiger charge is 2.18. The van der Waals surface area contributed by atoms with Crippen molar-refractivity contribution in [3.8, 4) is 5.75 Å². The SMILES string of the molecule is Cc1ccc(S(=O)(=O)Oc2ccccc2[SH](=O)=O)cc1. The maximum atomic E-state index is 12.1. The maximum absolute atomic E-state index is 12.1. The van der Waals surface area contributed by atoms with Crippen LogP contribution in [0.2, 0.25) is 0 Å². The van der Waals surface area contributed by atoms with Gasteiger partial charge in [0.05, 0.1) is 0 Å². The molecule has 0 saturated carbocycles. The van der Waals surface area contributed by atoms with E-state index in [4.69, 9.17) is 4.18 Å². The number of hydrogen-bond donors (Lipinski definition) is 1. The molecule has 2 aromatic rings. The Hall–Kier alpha value is -1.86. The number of thiol groups is 1. The van der Waals surface area contributed by atoms with Crippen LogP contribution in [0.15, 0.2) is 58.3 Å². The summed E-state index contributed by atoms with van der Waals surface area (Å²) in [4.78, 5) is -0.197. The van der Waals surface area contributed by atoms with E-state index >= 15 is 0 Å². The topological polar surface area (TPSA) is 77.5 Å². The summed E-state index contributed by atoms with van der Waals surface area (Å²) in [6, 6.07) is 11.7. The second-order valence-electron chi connectivity index (χ2n) is 4.08. The van der Waals surface area contributed by atoms with Gasteiger partial charge >= 0.3 is 10.1 Å². The minimum absolute atomic E-state index is 0.0287. The van der Waals surface area contributed by atoms with Gasteiger partial charge in [0.2, 0.25) is 0 Å². The van der Waals surface area contributed by atoms with E-state index < -0.39 is 20.8 Å². The zero-order chi connectivity index (χ0) is 14.8. The van der Waals surface area contributed by atoms with Crippen molar-refractivity contribution >= 4 is 20.8 Å². The molecule has 0 saturated heterocycles. The summed E-state index contributed by atoms with van der Waals surface area (Å²) in [5.41, 5.74) is 0.909. The molecule has 0 aromatic heterocycles. The first-order chi connectivity index (χ1) is 9.40. The fourth-order valence-corrected chi connectivity index (χ4v) is 3.07. The molecule has 0 spiro atoms. The van der Waals surface area contributed by atoms with Gasteiger partial charge in [0.15, 0.2) is 16.5 Å². The van der Waals surface area contributed by atoms with E-state index in [-0.39, 0.29) is 15.5 Å². The molecule has 5 nitrogen and oxygen atoms in total. The molecule has 7 heteroatoms. The fraction of sp³-hybridized carbons (Fsp3) is 0.0769. The number of rotatable bonds is 4. The molecule has 0 aliphatic carbocycles. The average Bonchev–Trinajstić information content (AvgIpc) is 2.39. The zero-order valence-electron chi connectivity index (χ0n) is 10.5. The van der Waals surface area contributed by atoms with Crippen molar-refractivity contribution in [2.75, 3.05) is 0 Å². The molecule has 0 fully saturated rings. The van der Waals surface area contributed by atoms with Crippen LogP contribution < -0.4 is 4.18 Å². The van der Waals surface area contributed by atoms with Gasteiger partial charge < -0.3 is 4.18 Å².